The molecular formula is C30H57NO8. The molecule has 0 aliphatic carbocycles. The smallest absolute Gasteiger partial charge is 0.404 e. The number of hydrogen-bond acceptors (Lipinski definition) is 7. The number of hydrogen-bond donors (Lipinski definition) is 2. The van der Waals surface area contributed by atoms with Crippen LogP contribution in [-0.2, 0) is 28.4 Å². The van der Waals surface area contributed by atoms with E-state index in [-0.39, 0.29) is 12.6 Å². The molecule has 0 heterocycles. The number of carbonyl (C=O) groups is 1. The van der Waals surface area contributed by atoms with Crippen molar-refractivity contribution in [3.8, 4) is 0 Å². The Bertz CT molecular complexity index is 535. The average Bonchev–Trinajstić information content (AvgIpc) is 2.93. The summed E-state index contributed by atoms with van der Waals surface area (Å²) in [5.74, 6) is 0. The van der Waals surface area contributed by atoms with Gasteiger partial charge in [-0.2, -0.15) is 0 Å². The minimum Gasteiger partial charge on any atom is -0.465 e. The van der Waals surface area contributed by atoms with E-state index in [0.717, 1.165) is 38.9 Å². The van der Waals surface area contributed by atoms with Crippen molar-refractivity contribution in [3.05, 3.63) is 25.3 Å². The van der Waals surface area contributed by atoms with E-state index in [1.165, 1.54) is 51.4 Å². The number of ether oxygens (including phenoxy) is 6. The van der Waals surface area contributed by atoms with Gasteiger partial charge in [0.05, 0.1) is 59.5 Å². The number of nitrogens with one attached hydrogen (secondary N) is 1. The molecule has 230 valence electrons. The van der Waals surface area contributed by atoms with E-state index < -0.39 is 6.09 Å². The first-order valence-electron chi connectivity index (χ1n) is 14.9. The molecule has 0 bridgehead atoms. The van der Waals surface area contributed by atoms with Gasteiger partial charge >= 0.3 is 6.09 Å². The van der Waals surface area contributed by atoms with Crippen LogP contribution in [0.5, 0.6) is 0 Å². The molecule has 1 amide bonds. The Kier molecular flexibility index (Phi) is 31.5. The van der Waals surface area contributed by atoms with Crippen LogP contribution in [0.3, 0.4) is 0 Å². The van der Waals surface area contributed by atoms with Crippen LogP contribution in [0.1, 0.15) is 77.0 Å². The molecule has 0 aromatic heterocycles. The third kappa shape index (κ3) is 32.6. The van der Waals surface area contributed by atoms with Gasteiger partial charge < -0.3 is 38.8 Å². The first-order chi connectivity index (χ1) is 19.2. The molecule has 0 rings (SSSR count). The van der Waals surface area contributed by atoms with Crippen LogP contribution in [0.25, 0.3) is 0 Å². The maximum Gasteiger partial charge on any atom is 0.404 e. The molecule has 9 heteroatoms. The molecule has 0 aliphatic rings. The minimum absolute atomic E-state index is 0.0626. The van der Waals surface area contributed by atoms with E-state index in [1.807, 2.05) is 12.2 Å². The van der Waals surface area contributed by atoms with Gasteiger partial charge in [0, 0.05) is 19.8 Å². The third-order valence-corrected chi connectivity index (χ3v) is 5.85. The van der Waals surface area contributed by atoms with Crippen molar-refractivity contribution in [2.75, 3.05) is 79.2 Å². The molecule has 39 heavy (non-hydrogen) atoms. The molecule has 0 aromatic carbocycles. The van der Waals surface area contributed by atoms with Gasteiger partial charge in [0.1, 0.15) is 6.10 Å². The number of carboxylic acid groups (broad SMARTS) is 1. The molecular weight excluding hydrogens is 502 g/mol. The molecule has 1 unspecified atom stereocenters. The first kappa shape index (κ1) is 37.5. The molecule has 0 aliphatic heterocycles. The fraction of sp³-hybridized carbons (Fsp3) is 0.833. The second-order valence-corrected chi connectivity index (χ2v) is 9.40. The summed E-state index contributed by atoms with van der Waals surface area (Å²) in [7, 11) is 0. The van der Waals surface area contributed by atoms with Crippen molar-refractivity contribution in [1.82, 2.24) is 5.32 Å². The largest absolute Gasteiger partial charge is 0.465 e. The lowest BCUT2D eigenvalue weighted by Crippen LogP contribution is -2.27. The lowest BCUT2D eigenvalue weighted by Gasteiger charge is -2.18. The lowest BCUT2D eigenvalue weighted by atomic mass is 10.1. The number of rotatable bonds is 33. The summed E-state index contributed by atoms with van der Waals surface area (Å²) in [5.41, 5.74) is 0. The molecule has 9 nitrogen and oxygen atoms in total. The van der Waals surface area contributed by atoms with Gasteiger partial charge in [-0.15, -0.1) is 13.2 Å². The summed E-state index contributed by atoms with van der Waals surface area (Å²) in [6, 6.07) is 0. The van der Waals surface area contributed by atoms with Gasteiger partial charge in [0.25, 0.3) is 0 Å². The van der Waals surface area contributed by atoms with Crippen molar-refractivity contribution in [3.63, 3.8) is 0 Å². The van der Waals surface area contributed by atoms with E-state index in [9.17, 15) is 4.79 Å². The zero-order valence-corrected chi connectivity index (χ0v) is 24.4. The van der Waals surface area contributed by atoms with E-state index in [0.29, 0.717) is 59.5 Å². The molecule has 2 N–H and O–H groups in total. The van der Waals surface area contributed by atoms with E-state index in [2.05, 4.69) is 18.5 Å². The standard InChI is InChI=1S/C30H57NO8/c1-3-5-7-9-11-13-15-18-37-27-29(39-19-16-14-12-10-8-6-4-2)28-38-26-25-36-24-23-35-22-21-34-20-17-31-30(32)33/h3-4,29,31H,1-2,5-28H2,(H,32,33). The predicted molar refractivity (Wildman–Crippen MR) is 156 cm³/mol. The highest BCUT2D eigenvalue weighted by Crippen LogP contribution is 2.08. The average molecular weight is 560 g/mol. The lowest BCUT2D eigenvalue weighted by molar-refractivity contribution is -0.0700. The minimum atomic E-state index is -1.05. The Hall–Kier alpha value is -1.49. The van der Waals surface area contributed by atoms with Crippen molar-refractivity contribution in [2.24, 2.45) is 0 Å². The summed E-state index contributed by atoms with van der Waals surface area (Å²) in [5, 5.41) is 10.7. The Morgan fingerprint density at radius 3 is 1.56 bits per heavy atom. The maximum absolute atomic E-state index is 10.3. The Morgan fingerprint density at radius 2 is 1.03 bits per heavy atom. The molecule has 0 spiro atoms. The van der Waals surface area contributed by atoms with Crippen LogP contribution >= 0.6 is 0 Å². The summed E-state index contributed by atoms with van der Waals surface area (Å²) >= 11 is 0. The maximum atomic E-state index is 10.3. The monoisotopic (exact) mass is 559 g/mol. The van der Waals surface area contributed by atoms with Crippen LogP contribution in [0.4, 0.5) is 4.79 Å². The van der Waals surface area contributed by atoms with E-state index in [1.54, 1.807) is 0 Å². The van der Waals surface area contributed by atoms with Crippen molar-refractivity contribution < 1.29 is 38.3 Å². The van der Waals surface area contributed by atoms with Crippen molar-refractivity contribution in [2.45, 2.75) is 83.2 Å². The summed E-state index contributed by atoms with van der Waals surface area (Å²) < 4.78 is 34.0. The van der Waals surface area contributed by atoms with Crippen molar-refractivity contribution >= 4 is 6.09 Å². The molecule has 0 saturated carbocycles. The normalized spacial score (nSPS) is 11.9. The van der Waals surface area contributed by atoms with Crippen LogP contribution in [-0.4, -0.2) is 96.5 Å². The fourth-order valence-electron chi connectivity index (χ4n) is 3.66. The topological polar surface area (TPSA) is 105 Å². The van der Waals surface area contributed by atoms with Crippen LogP contribution in [0.15, 0.2) is 25.3 Å². The zero-order valence-electron chi connectivity index (χ0n) is 24.4. The van der Waals surface area contributed by atoms with Crippen LogP contribution < -0.4 is 5.32 Å². The molecule has 0 radical (unpaired) electrons. The van der Waals surface area contributed by atoms with E-state index >= 15 is 0 Å². The number of unbranched alkanes of at least 4 members (excludes halogenated alkanes) is 10. The Morgan fingerprint density at radius 1 is 0.590 bits per heavy atom. The van der Waals surface area contributed by atoms with Gasteiger partial charge in [0.15, 0.2) is 0 Å². The quantitative estimate of drug-likeness (QED) is 0.0771. The fourth-order valence-corrected chi connectivity index (χ4v) is 3.66. The Balaban J connectivity index is 3.82. The second-order valence-electron chi connectivity index (χ2n) is 9.40. The van der Waals surface area contributed by atoms with Gasteiger partial charge in [-0.05, 0) is 38.5 Å². The SMILES string of the molecule is C=CCCCCCCCOCC(COCCOCCOCCOCCNC(=O)O)OCCCCCCCC=C. The second kappa shape index (κ2) is 32.7. The van der Waals surface area contributed by atoms with Crippen molar-refractivity contribution in [1.29, 1.82) is 0 Å². The highest BCUT2D eigenvalue weighted by molar-refractivity contribution is 5.64. The molecule has 1 atom stereocenters. The number of allylic oxidation sites excluding steroid dienone is 2. The van der Waals surface area contributed by atoms with Gasteiger partial charge in [-0.3, -0.25) is 0 Å². The highest BCUT2D eigenvalue weighted by Gasteiger charge is 2.10. The highest BCUT2D eigenvalue weighted by atomic mass is 16.6. The summed E-state index contributed by atoms with van der Waals surface area (Å²) in [6.07, 6.45) is 17.0. The molecule has 0 fully saturated rings. The Labute approximate surface area is 237 Å². The summed E-state index contributed by atoms with van der Waals surface area (Å²) in [6.45, 7) is 13.5. The predicted octanol–water partition coefficient (Wildman–Crippen LogP) is 5.78. The molecule has 0 aromatic rings. The van der Waals surface area contributed by atoms with Crippen LogP contribution in [0, 0.1) is 0 Å². The van der Waals surface area contributed by atoms with Gasteiger partial charge in [-0.25, -0.2) is 4.79 Å². The number of amides is 1. The first-order valence-corrected chi connectivity index (χ1v) is 14.9. The van der Waals surface area contributed by atoms with Gasteiger partial charge in [0.2, 0.25) is 0 Å². The van der Waals surface area contributed by atoms with Crippen LogP contribution in [0.2, 0.25) is 0 Å². The van der Waals surface area contributed by atoms with Gasteiger partial charge in [-0.1, -0.05) is 50.7 Å². The summed E-state index contributed by atoms with van der Waals surface area (Å²) in [4.78, 5) is 10.3. The van der Waals surface area contributed by atoms with E-state index in [4.69, 9.17) is 33.5 Å². The molecule has 0 saturated heterocycles. The third-order valence-electron chi connectivity index (χ3n) is 5.85. The zero-order chi connectivity index (χ0) is 28.5.